The zero-order valence-electron chi connectivity index (χ0n) is 17.6. The van der Waals surface area contributed by atoms with Gasteiger partial charge in [-0.15, -0.1) is 0 Å². The Kier molecular flexibility index (Phi) is 7.72. The second-order valence-electron chi connectivity index (χ2n) is 8.45. The molecule has 2 rings (SSSR count). The van der Waals surface area contributed by atoms with E-state index in [0.29, 0.717) is 0 Å². The molecule has 0 radical (unpaired) electrons. The second-order valence-corrected chi connectivity index (χ2v) is 8.45. The van der Waals surface area contributed by atoms with Crippen molar-refractivity contribution in [1.82, 2.24) is 5.32 Å². The van der Waals surface area contributed by atoms with Gasteiger partial charge in [0.25, 0.3) is 0 Å². The van der Waals surface area contributed by atoms with E-state index < -0.39 is 23.7 Å². The quantitative estimate of drug-likeness (QED) is 0.694. The van der Waals surface area contributed by atoms with E-state index in [1.165, 1.54) is 0 Å². The lowest BCUT2D eigenvalue weighted by Gasteiger charge is -2.30. The summed E-state index contributed by atoms with van der Waals surface area (Å²) < 4.78 is 17.1. The number of para-hydroxylation sites is 1. The first-order chi connectivity index (χ1) is 13.2. The molecule has 28 heavy (non-hydrogen) atoms. The molecule has 1 amide bonds. The Balaban J connectivity index is 1.99. The summed E-state index contributed by atoms with van der Waals surface area (Å²) in [7, 11) is 0. The molecule has 0 heterocycles. The van der Waals surface area contributed by atoms with E-state index in [1.54, 1.807) is 27.7 Å². The maximum Gasteiger partial charge on any atom is 0.408 e. The molecule has 1 aliphatic carbocycles. The maximum atomic E-state index is 12.6. The molecule has 6 nitrogen and oxygen atoms in total. The molecular weight excluding hydrogens is 358 g/mol. The predicted molar refractivity (Wildman–Crippen MR) is 107 cm³/mol. The number of amides is 1. The van der Waals surface area contributed by atoms with Crippen molar-refractivity contribution in [3.63, 3.8) is 0 Å². The van der Waals surface area contributed by atoms with Crippen molar-refractivity contribution in [3.05, 3.63) is 30.3 Å². The molecule has 1 saturated carbocycles. The van der Waals surface area contributed by atoms with Gasteiger partial charge in [-0.3, -0.25) is 0 Å². The number of nitrogens with one attached hydrogen (secondary N) is 1. The van der Waals surface area contributed by atoms with Crippen LogP contribution in [-0.4, -0.2) is 35.9 Å². The van der Waals surface area contributed by atoms with Crippen LogP contribution in [0.2, 0.25) is 0 Å². The number of alkyl carbamates (subject to hydrolysis) is 1. The van der Waals surface area contributed by atoms with E-state index >= 15 is 0 Å². The first-order valence-corrected chi connectivity index (χ1v) is 10.1. The average Bonchev–Trinajstić information content (AvgIpc) is 3.12. The predicted octanol–water partition coefficient (Wildman–Crippen LogP) is 4.47. The van der Waals surface area contributed by atoms with Crippen molar-refractivity contribution < 1.29 is 23.8 Å². The van der Waals surface area contributed by atoms with Crippen LogP contribution in [0.5, 0.6) is 5.75 Å². The molecule has 156 valence electrons. The highest BCUT2D eigenvalue weighted by Gasteiger charge is 2.35. The number of carbonyl (C=O) groups excluding carboxylic acids is 2. The van der Waals surface area contributed by atoms with E-state index in [1.807, 2.05) is 37.3 Å². The molecule has 0 aliphatic heterocycles. The first-order valence-electron chi connectivity index (χ1n) is 10.1. The molecule has 0 spiro atoms. The van der Waals surface area contributed by atoms with Gasteiger partial charge in [-0.05, 0) is 65.5 Å². The van der Waals surface area contributed by atoms with Gasteiger partial charge in [-0.1, -0.05) is 31.0 Å². The lowest BCUT2D eigenvalue weighted by atomic mass is 9.96. The van der Waals surface area contributed by atoms with Crippen LogP contribution in [0.4, 0.5) is 4.79 Å². The van der Waals surface area contributed by atoms with E-state index in [-0.39, 0.29) is 18.1 Å². The molecule has 1 fully saturated rings. The largest absolute Gasteiger partial charge is 0.487 e. The van der Waals surface area contributed by atoms with Gasteiger partial charge < -0.3 is 19.5 Å². The zero-order valence-corrected chi connectivity index (χ0v) is 17.6. The Bertz CT molecular complexity index is 634. The molecule has 0 unspecified atom stereocenters. The van der Waals surface area contributed by atoms with Crippen molar-refractivity contribution in [2.24, 2.45) is 5.92 Å². The third-order valence-electron chi connectivity index (χ3n) is 4.73. The van der Waals surface area contributed by atoms with Crippen molar-refractivity contribution in [2.75, 3.05) is 0 Å². The van der Waals surface area contributed by atoms with Gasteiger partial charge in [0.1, 0.15) is 29.6 Å². The number of esters is 1. The Morgan fingerprint density at radius 1 is 1.07 bits per heavy atom. The number of carbonyl (C=O) groups is 2. The van der Waals surface area contributed by atoms with Gasteiger partial charge in [0.2, 0.25) is 0 Å². The van der Waals surface area contributed by atoms with Gasteiger partial charge in [-0.2, -0.15) is 0 Å². The highest BCUT2D eigenvalue weighted by molar-refractivity contribution is 5.81. The molecule has 1 aromatic carbocycles. The Morgan fingerprint density at radius 3 is 2.25 bits per heavy atom. The van der Waals surface area contributed by atoms with Gasteiger partial charge in [-0.25, -0.2) is 9.59 Å². The van der Waals surface area contributed by atoms with Crippen LogP contribution in [0.15, 0.2) is 30.3 Å². The fraction of sp³-hybridized carbons (Fsp3) is 0.636. The number of hydrogen-bond acceptors (Lipinski definition) is 5. The van der Waals surface area contributed by atoms with E-state index in [2.05, 4.69) is 5.32 Å². The summed E-state index contributed by atoms with van der Waals surface area (Å²) in [6.07, 6.45) is 2.98. The number of benzene rings is 1. The molecular formula is C22H33NO5. The normalized spacial score (nSPS) is 18.0. The highest BCUT2D eigenvalue weighted by Crippen LogP contribution is 2.32. The van der Waals surface area contributed by atoms with Crippen LogP contribution in [0.1, 0.15) is 60.3 Å². The van der Waals surface area contributed by atoms with Crippen LogP contribution < -0.4 is 10.1 Å². The fourth-order valence-electron chi connectivity index (χ4n) is 3.42. The molecule has 0 bridgehead atoms. The van der Waals surface area contributed by atoms with Crippen LogP contribution in [0.25, 0.3) is 0 Å². The summed E-state index contributed by atoms with van der Waals surface area (Å²) in [5.41, 5.74) is -0.627. The summed E-state index contributed by atoms with van der Waals surface area (Å²) in [6.45, 7) is 8.84. The van der Waals surface area contributed by atoms with Crippen LogP contribution in [0.3, 0.4) is 0 Å². The van der Waals surface area contributed by atoms with Crippen molar-refractivity contribution in [2.45, 2.75) is 84.2 Å². The fourth-order valence-corrected chi connectivity index (χ4v) is 3.42. The van der Waals surface area contributed by atoms with Crippen molar-refractivity contribution >= 4 is 12.1 Å². The van der Waals surface area contributed by atoms with E-state index in [0.717, 1.165) is 31.4 Å². The topological polar surface area (TPSA) is 73.9 Å². The van der Waals surface area contributed by atoms with Crippen LogP contribution in [0, 0.1) is 5.92 Å². The lowest BCUT2D eigenvalue weighted by Crippen LogP contribution is -2.46. The van der Waals surface area contributed by atoms with Crippen LogP contribution >= 0.6 is 0 Å². The van der Waals surface area contributed by atoms with E-state index in [9.17, 15) is 9.59 Å². The average molecular weight is 392 g/mol. The van der Waals surface area contributed by atoms with Gasteiger partial charge in [0.15, 0.2) is 0 Å². The summed E-state index contributed by atoms with van der Waals surface area (Å²) in [4.78, 5) is 24.5. The van der Waals surface area contributed by atoms with Crippen molar-refractivity contribution in [1.29, 1.82) is 0 Å². The van der Waals surface area contributed by atoms with Crippen molar-refractivity contribution in [3.8, 4) is 5.75 Å². The Hall–Kier alpha value is -2.24. The van der Waals surface area contributed by atoms with Gasteiger partial charge >= 0.3 is 12.1 Å². The summed E-state index contributed by atoms with van der Waals surface area (Å²) in [6, 6.07) is 8.71. The molecule has 0 aromatic heterocycles. The standard InChI is InChI=1S/C22H33NO5/c1-15(23-21(25)28-22(3,4)5)20(24)27-19(17-11-9-10-12-17)16(2)26-18-13-7-6-8-14-18/h6-8,13-17,19H,9-12H2,1-5H3,(H,23,25)/t15-,16-,19+/m0/s1. The number of rotatable bonds is 7. The lowest BCUT2D eigenvalue weighted by molar-refractivity contribution is -0.159. The summed E-state index contributed by atoms with van der Waals surface area (Å²) in [5, 5.41) is 2.54. The Morgan fingerprint density at radius 2 is 1.68 bits per heavy atom. The molecule has 6 heteroatoms. The summed E-state index contributed by atoms with van der Waals surface area (Å²) >= 11 is 0. The highest BCUT2D eigenvalue weighted by atomic mass is 16.6. The monoisotopic (exact) mass is 391 g/mol. The molecule has 3 atom stereocenters. The smallest absolute Gasteiger partial charge is 0.408 e. The van der Waals surface area contributed by atoms with Gasteiger partial charge in [0, 0.05) is 0 Å². The molecule has 1 N–H and O–H groups in total. The number of hydrogen-bond donors (Lipinski definition) is 1. The van der Waals surface area contributed by atoms with Gasteiger partial charge in [0.05, 0.1) is 0 Å². The first kappa shape index (κ1) is 22.1. The number of ether oxygens (including phenoxy) is 3. The maximum absolute atomic E-state index is 12.6. The third-order valence-corrected chi connectivity index (χ3v) is 4.73. The minimum atomic E-state index is -0.803. The van der Waals surface area contributed by atoms with E-state index in [4.69, 9.17) is 14.2 Å². The minimum Gasteiger partial charge on any atom is -0.487 e. The molecule has 0 saturated heterocycles. The SMILES string of the molecule is C[C@H](NC(=O)OC(C)(C)C)C(=O)O[C@@H](C1CCCC1)[C@H](C)Oc1ccccc1. The Labute approximate surface area is 167 Å². The minimum absolute atomic E-state index is 0.261. The zero-order chi connectivity index (χ0) is 20.7. The van der Waals surface area contributed by atoms with Crippen LogP contribution in [-0.2, 0) is 14.3 Å². The summed E-state index contributed by atoms with van der Waals surface area (Å²) in [5.74, 6) is 0.525. The molecule has 1 aromatic rings. The second kappa shape index (κ2) is 9.80. The third kappa shape index (κ3) is 7.06. The molecule has 1 aliphatic rings.